The maximum Gasteiger partial charge on any atom is 0.407 e. The fourth-order valence-electron chi connectivity index (χ4n) is 5.97. The molecule has 2 amide bonds. The number of carbonyl (C=O) groups excluding carboxylic acids is 2. The van der Waals surface area contributed by atoms with Gasteiger partial charge in [0.1, 0.15) is 17.2 Å². The summed E-state index contributed by atoms with van der Waals surface area (Å²) in [4.78, 5) is 45.3. The first kappa shape index (κ1) is 33.0. The highest BCUT2D eigenvalue weighted by atomic mass is 19.1. The number of rotatable bonds is 8. The second-order valence-electron chi connectivity index (χ2n) is 13.1. The van der Waals surface area contributed by atoms with Crippen LogP contribution < -0.4 is 15.1 Å². The minimum atomic E-state index is -0.734. The summed E-state index contributed by atoms with van der Waals surface area (Å²) in [5, 5.41) is 6.87. The van der Waals surface area contributed by atoms with E-state index < -0.39 is 35.3 Å². The average molecular weight is 641 g/mol. The molecule has 0 bridgehead atoms. The number of halogens is 2. The van der Waals surface area contributed by atoms with E-state index in [1.807, 2.05) is 25.7 Å². The highest BCUT2D eigenvalue weighted by molar-refractivity contribution is 5.94. The summed E-state index contributed by atoms with van der Waals surface area (Å²) >= 11 is 0. The first-order valence-electron chi connectivity index (χ1n) is 15.7. The third kappa shape index (κ3) is 7.53. The number of alkyl carbamates (subject to hydrolysis) is 1. The molecular weight excluding hydrogens is 598 g/mol. The fourth-order valence-corrected chi connectivity index (χ4v) is 5.97. The maximum absolute atomic E-state index is 14.9. The monoisotopic (exact) mass is 640 g/mol. The lowest BCUT2D eigenvalue weighted by molar-refractivity contribution is 0.0504. The highest BCUT2D eigenvalue weighted by Gasteiger charge is 2.39. The number of nitrogens with one attached hydrogen (secondary N) is 1. The smallest absolute Gasteiger partial charge is 0.407 e. The summed E-state index contributed by atoms with van der Waals surface area (Å²) in [6, 6.07) is 3.20. The van der Waals surface area contributed by atoms with Gasteiger partial charge in [-0.15, -0.1) is 0 Å². The molecule has 0 saturated carbocycles. The summed E-state index contributed by atoms with van der Waals surface area (Å²) in [5.41, 5.74) is -0.246. The lowest BCUT2D eigenvalue weighted by Crippen LogP contribution is -2.47. The van der Waals surface area contributed by atoms with Crippen LogP contribution in [0.4, 0.5) is 25.5 Å². The van der Waals surface area contributed by atoms with E-state index in [0.29, 0.717) is 43.0 Å². The summed E-state index contributed by atoms with van der Waals surface area (Å²) in [7, 11) is 0. The maximum atomic E-state index is 14.9. The van der Waals surface area contributed by atoms with Crippen molar-refractivity contribution in [3.05, 3.63) is 59.2 Å². The standard InChI is InChI=1S/C32H42F2N8O4/c1-7-42(22-10-12-40(13-11-22)30-38-27(19(2)3)39-46-30)28(43)20-15-35-29(36-16-20)41-17-24(23-14-21(33)8-9-25(23)34)26(18-41)37-31(44)45-32(4,5)6/h8-9,14-16,19,22,24,26H,7,10-13,17-18H2,1-6H3,(H,37,44)/t24-,26+/m1/s1. The average Bonchev–Trinajstić information content (AvgIpc) is 3.67. The molecule has 0 spiro atoms. The van der Waals surface area contributed by atoms with Crippen molar-refractivity contribution in [1.29, 1.82) is 0 Å². The third-order valence-electron chi connectivity index (χ3n) is 8.27. The Kier molecular flexibility index (Phi) is 9.73. The van der Waals surface area contributed by atoms with Gasteiger partial charge < -0.3 is 29.3 Å². The van der Waals surface area contributed by atoms with E-state index in [-0.39, 0.29) is 36.5 Å². The van der Waals surface area contributed by atoms with E-state index in [9.17, 15) is 18.4 Å². The molecule has 2 atom stereocenters. The van der Waals surface area contributed by atoms with E-state index in [4.69, 9.17) is 9.26 Å². The van der Waals surface area contributed by atoms with Crippen LogP contribution >= 0.6 is 0 Å². The molecule has 14 heteroatoms. The van der Waals surface area contributed by atoms with E-state index in [1.54, 1.807) is 25.7 Å². The number of amides is 2. The van der Waals surface area contributed by atoms with Crippen LogP contribution in [0, 0.1) is 11.6 Å². The van der Waals surface area contributed by atoms with Gasteiger partial charge in [-0.2, -0.15) is 4.98 Å². The van der Waals surface area contributed by atoms with Gasteiger partial charge in [-0.25, -0.2) is 23.5 Å². The van der Waals surface area contributed by atoms with Gasteiger partial charge in [0, 0.05) is 63.0 Å². The molecule has 5 rings (SSSR count). The zero-order chi connectivity index (χ0) is 33.2. The quantitative estimate of drug-likeness (QED) is 0.363. The molecule has 4 heterocycles. The Hall–Kier alpha value is -4.36. The van der Waals surface area contributed by atoms with Gasteiger partial charge in [0.2, 0.25) is 5.95 Å². The van der Waals surface area contributed by atoms with Gasteiger partial charge in [0.25, 0.3) is 5.91 Å². The minimum Gasteiger partial charge on any atom is -0.444 e. The number of piperidine rings is 1. The largest absolute Gasteiger partial charge is 0.444 e. The van der Waals surface area contributed by atoms with Crippen molar-refractivity contribution in [2.75, 3.05) is 42.5 Å². The predicted molar refractivity (Wildman–Crippen MR) is 167 cm³/mol. The van der Waals surface area contributed by atoms with Gasteiger partial charge in [-0.3, -0.25) is 4.79 Å². The van der Waals surface area contributed by atoms with Crippen molar-refractivity contribution in [2.24, 2.45) is 0 Å². The highest BCUT2D eigenvalue weighted by Crippen LogP contribution is 2.32. The summed E-state index contributed by atoms with van der Waals surface area (Å²) in [6.07, 6.45) is 3.80. The normalized spacial score (nSPS) is 19.1. The molecule has 0 unspecified atom stereocenters. The number of ether oxygens (including phenoxy) is 1. The van der Waals surface area contributed by atoms with Crippen molar-refractivity contribution >= 4 is 24.0 Å². The van der Waals surface area contributed by atoms with Gasteiger partial charge in [-0.1, -0.05) is 19.0 Å². The van der Waals surface area contributed by atoms with Crippen LogP contribution in [0.2, 0.25) is 0 Å². The molecule has 3 aromatic rings. The third-order valence-corrected chi connectivity index (χ3v) is 8.27. The molecular formula is C32H42F2N8O4. The van der Waals surface area contributed by atoms with Crippen LogP contribution in [-0.2, 0) is 4.74 Å². The lowest BCUT2D eigenvalue weighted by Gasteiger charge is -2.37. The van der Waals surface area contributed by atoms with E-state index in [0.717, 1.165) is 31.0 Å². The van der Waals surface area contributed by atoms with Crippen LogP contribution in [0.5, 0.6) is 0 Å². The van der Waals surface area contributed by atoms with Crippen molar-refractivity contribution in [2.45, 2.75) is 83.9 Å². The Bertz CT molecular complexity index is 1520. The van der Waals surface area contributed by atoms with Crippen LogP contribution in [0.15, 0.2) is 35.1 Å². The zero-order valence-corrected chi connectivity index (χ0v) is 27.2. The fraction of sp³-hybridized carbons (Fsp3) is 0.562. The van der Waals surface area contributed by atoms with E-state index in [1.165, 1.54) is 12.4 Å². The lowest BCUT2D eigenvalue weighted by atomic mass is 9.94. The Morgan fingerprint density at radius 2 is 1.80 bits per heavy atom. The molecule has 248 valence electrons. The molecule has 46 heavy (non-hydrogen) atoms. The number of hydrogen-bond acceptors (Lipinski definition) is 10. The van der Waals surface area contributed by atoms with Crippen LogP contribution in [-0.4, -0.2) is 87.4 Å². The van der Waals surface area contributed by atoms with Crippen molar-refractivity contribution in [3.8, 4) is 0 Å². The molecule has 2 saturated heterocycles. The minimum absolute atomic E-state index is 0.0288. The van der Waals surface area contributed by atoms with Gasteiger partial charge in [0.15, 0.2) is 5.82 Å². The number of hydrogen-bond donors (Lipinski definition) is 1. The first-order chi connectivity index (χ1) is 21.8. The molecule has 2 aliphatic rings. The zero-order valence-electron chi connectivity index (χ0n) is 27.2. The Morgan fingerprint density at radius 1 is 1.11 bits per heavy atom. The SMILES string of the molecule is CCN(C(=O)c1cnc(N2C[C@H](NC(=O)OC(C)(C)C)[C@@H](c3cc(F)ccc3F)C2)nc1)C1CCN(c2nc(C(C)C)no2)CC1. The molecule has 1 aromatic carbocycles. The predicted octanol–water partition coefficient (Wildman–Crippen LogP) is 4.89. The summed E-state index contributed by atoms with van der Waals surface area (Å²) in [5.74, 6) is -0.762. The molecule has 2 fully saturated rings. The van der Waals surface area contributed by atoms with Crippen molar-refractivity contribution in [3.63, 3.8) is 0 Å². The summed E-state index contributed by atoms with van der Waals surface area (Å²) < 4.78 is 39.9. The van der Waals surface area contributed by atoms with E-state index >= 15 is 0 Å². The number of anilines is 2. The molecule has 2 aromatic heterocycles. The Morgan fingerprint density at radius 3 is 2.41 bits per heavy atom. The molecule has 1 N–H and O–H groups in total. The Balaban J connectivity index is 1.26. The van der Waals surface area contributed by atoms with E-state index in [2.05, 4.69) is 30.3 Å². The number of carbonyl (C=O) groups is 2. The van der Waals surface area contributed by atoms with Crippen molar-refractivity contribution in [1.82, 2.24) is 30.3 Å². The van der Waals surface area contributed by atoms with Crippen LogP contribution in [0.1, 0.15) is 88.0 Å². The second kappa shape index (κ2) is 13.6. The molecule has 2 aliphatic heterocycles. The van der Waals surface area contributed by atoms with Crippen LogP contribution in [0.25, 0.3) is 0 Å². The molecule has 12 nitrogen and oxygen atoms in total. The Labute approximate surface area is 267 Å². The number of nitrogens with zero attached hydrogens (tertiary/aromatic N) is 7. The first-order valence-corrected chi connectivity index (χ1v) is 15.7. The van der Waals surface area contributed by atoms with Gasteiger partial charge in [-0.05, 0) is 64.3 Å². The van der Waals surface area contributed by atoms with Crippen molar-refractivity contribution < 1.29 is 27.6 Å². The molecule has 0 radical (unpaired) electrons. The number of benzene rings is 1. The van der Waals surface area contributed by atoms with Gasteiger partial charge >= 0.3 is 12.1 Å². The molecule has 0 aliphatic carbocycles. The number of aromatic nitrogens is 4. The topological polar surface area (TPSA) is 130 Å². The van der Waals surface area contributed by atoms with Gasteiger partial charge in [0.05, 0.1) is 11.6 Å². The summed E-state index contributed by atoms with van der Waals surface area (Å²) in [6.45, 7) is 13.5. The second-order valence-corrected chi connectivity index (χ2v) is 13.1. The van der Waals surface area contributed by atoms with Crippen LogP contribution in [0.3, 0.4) is 0 Å².